The summed E-state index contributed by atoms with van der Waals surface area (Å²) in [5.41, 5.74) is 0.782. The van der Waals surface area contributed by atoms with Crippen molar-refractivity contribution in [3.8, 4) is 0 Å². The molecule has 1 unspecified atom stereocenters. The van der Waals surface area contributed by atoms with Gasteiger partial charge in [0.15, 0.2) is 0 Å². The molecule has 2 heteroatoms. The fourth-order valence-corrected chi connectivity index (χ4v) is 3.78. The Bertz CT molecular complexity index is 277. The Balaban J connectivity index is 2.18. The molecule has 2 nitrogen and oxygen atoms in total. The molecule has 0 radical (unpaired) electrons. The van der Waals surface area contributed by atoms with E-state index in [9.17, 15) is 0 Å². The molecular weight excluding hydrogens is 220 g/mol. The van der Waals surface area contributed by atoms with E-state index in [0.717, 1.165) is 5.92 Å². The third-order valence-corrected chi connectivity index (χ3v) is 5.53. The molecule has 1 aliphatic heterocycles. The summed E-state index contributed by atoms with van der Waals surface area (Å²) in [6, 6.07) is 0.700. The summed E-state index contributed by atoms with van der Waals surface area (Å²) in [5.74, 6) is 0.738. The van der Waals surface area contributed by atoms with Crippen molar-refractivity contribution in [1.29, 1.82) is 0 Å². The largest absolute Gasteiger partial charge is 0.308 e. The molecule has 1 aliphatic carbocycles. The lowest BCUT2D eigenvalue weighted by Gasteiger charge is -2.54. The zero-order chi connectivity index (χ0) is 13.4. The maximum atomic E-state index is 3.91. The highest BCUT2D eigenvalue weighted by Crippen LogP contribution is 2.37. The third-order valence-electron chi connectivity index (χ3n) is 5.53. The average Bonchev–Trinajstić information content (AvgIpc) is 2.77. The molecule has 1 saturated carbocycles. The van der Waals surface area contributed by atoms with Gasteiger partial charge in [0, 0.05) is 30.2 Å². The first-order valence-corrected chi connectivity index (χ1v) is 7.92. The van der Waals surface area contributed by atoms with E-state index in [1.807, 2.05) is 0 Å². The second-order valence-electron chi connectivity index (χ2n) is 7.47. The number of rotatable bonds is 3. The van der Waals surface area contributed by atoms with E-state index >= 15 is 0 Å². The standard InChI is InChI=1S/C16H32N2/c1-6-15(4,5)18-12-16(9-7-8-10-16)17-11-14(18)13(2)3/h13-14,17H,6-12H2,1-5H3. The molecule has 0 amide bonds. The van der Waals surface area contributed by atoms with Crippen LogP contribution in [-0.2, 0) is 0 Å². The molecule has 0 aromatic rings. The second-order valence-corrected chi connectivity index (χ2v) is 7.47. The highest BCUT2D eigenvalue weighted by molar-refractivity contribution is 5.04. The van der Waals surface area contributed by atoms with Gasteiger partial charge in [-0.3, -0.25) is 4.90 Å². The van der Waals surface area contributed by atoms with Crippen LogP contribution in [0.3, 0.4) is 0 Å². The number of nitrogens with zero attached hydrogens (tertiary/aromatic N) is 1. The van der Waals surface area contributed by atoms with E-state index in [4.69, 9.17) is 0 Å². The summed E-state index contributed by atoms with van der Waals surface area (Å²) in [6.45, 7) is 14.4. The van der Waals surface area contributed by atoms with Crippen molar-refractivity contribution in [2.24, 2.45) is 5.92 Å². The van der Waals surface area contributed by atoms with Crippen LogP contribution in [0.1, 0.15) is 66.7 Å². The molecule has 2 rings (SSSR count). The summed E-state index contributed by atoms with van der Waals surface area (Å²) < 4.78 is 0. The Morgan fingerprint density at radius 2 is 1.89 bits per heavy atom. The van der Waals surface area contributed by atoms with Crippen LogP contribution >= 0.6 is 0 Å². The second kappa shape index (κ2) is 5.13. The lowest BCUT2D eigenvalue weighted by Crippen LogP contribution is -2.68. The van der Waals surface area contributed by atoms with Crippen molar-refractivity contribution in [1.82, 2.24) is 10.2 Å². The molecule has 1 N–H and O–H groups in total. The molecule has 106 valence electrons. The van der Waals surface area contributed by atoms with Gasteiger partial charge in [-0.25, -0.2) is 0 Å². The topological polar surface area (TPSA) is 15.3 Å². The Morgan fingerprint density at radius 3 is 2.39 bits per heavy atom. The van der Waals surface area contributed by atoms with Crippen molar-refractivity contribution in [2.45, 2.75) is 83.8 Å². The Hall–Kier alpha value is -0.0800. The first-order valence-electron chi connectivity index (χ1n) is 7.92. The van der Waals surface area contributed by atoms with Gasteiger partial charge in [-0.15, -0.1) is 0 Å². The van der Waals surface area contributed by atoms with Crippen molar-refractivity contribution in [3.63, 3.8) is 0 Å². The van der Waals surface area contributed by atoms with E-state index in [2.05, 4.69) is 44.8 Å². The lowest BCUT2D eigenvalue weighted by molar-refractivity contribution is -0.0183. The minimum Gasteiger partial charge on any atom is -0.308 e. The smallest absolute Gasteiger partial charge is 0.0309 e. The van der Waals surface area contributed by atoms with Gasteiger partial charge in [0.1, 0.15) is 0 Å². The molecular formula is C16H32N2. The number of hydrogen-bond donors (Lipinski definition) is 1. The Kier molecular flexibility index (Phi) is 4.08. The van der Waals surface area contributed by atoms with E-state index < -0.39 is 0 Å². The van der Waals surface area contributed by atoms with E-state index in [1.165, 1.54) is 45.2 Å². The molecule has 0 aromatic heterocycles. The van der Waals surface area contributed by atoms with Crippen LogP contribution in [-0.4, -0.2) is 35.1 Å². The molecule has 18 heavy (non-hydrogen) atoms. The summed E-state index contributed by atoms with van der Waals surface area (Å²) in [5, 5.41) is 3.91. The molecule has 1 spiro atoms. The van der Waals surface area contributed by atoms with Gasteiger partial charge in [0.05, 0.1) is 0 Å². The highest BCUT2D eigenvalue weighted by atomic mass is 15.3. The van der Waals surface area contributed by atoms with Crippen LogP contribution in [0.5, 0.6) is 0 Å². The minimum atomic E-state index is 0.340. The number of hydrogen-bond acceptors (Lipinski definition) is 2. The quantitative estimate of drug-likeness (QED) is 0.828. The van der Waals surface area contributed by atoms with Gasteiger partial charge in [0.25, 0.3) is 0 Å². The van der Waals surface area contributed by atoms with Gasteiger partial charge >= 0.3 is 0 Å². The number of piperazine rings is 1. The normalized spacial score (nSPS) is 29.3. The number of nitrogens with one attached hydrogen (secondary N) is 1. The van der Waals surface area contributed by atoms with Crippen molar-refractivity contribution < 1.29 is 0 Å². The van der Waals surface area contributed by atoms with E-state index in [-0.39, 0.29) is 0 Å². The molecule has 1 heterocycles. The maximum absolute atomic E-state index is 3.91. The maximum Gasteiger partial charge on any atom is 0.0309 e. The third kappa shape index (κ3) is 2.60. The molecule has 1 atom stereocenters. The summed E-state index contributed by atoms with van der Waals surface area (Å²) in [7, 11) is 0. The van der Waals surface area contributed by atoms with Crippen molar-refractivity contribution >= 4 is 0 Å². The van der Waals surface area contributed by atoms with Gasteiger partial charge in [0.2, 0.25) is 0 Å². The lowest BCUT2D eigenvalue weighted by atomic mass is 9.84. The monoisotopic (exact) mass is 252 g/mol. The van der Waals surface area contributed by atoms with Crippen molar-refractivity contribution in [2.75, 3.05) is 13.1 Å². The first kappa shape index (κ1) is 14.3. The van der Waals surface area contributed by atoms with Gasteiger partial charge < -0.3 is 5.32 Å². The zero-order valence-corrected chi connectivity index (χ0v) is 13.1. The average molecular weight is 252 g/mol. The highest BCUT2D eigenvalue weighted by Gasteiger charge is 2.45. The van der Waals surface area contributed by atoms with Crippen LogP contribution in [0.15, 0.2) is 0 Å². The Morgan fingerprint density at radius 1 is 1.28 bits per heavy atom. The molecule has 0 aromatic carbocycles. The Labute approximate surface area is 114 Å². The molecule has 2 fully saturated rings. The van der Waals surface area contributed by atoms with Gasteiger partial charge in [-0.1, -0.05) is 33.6 Å². The fourth-order valence-electron chi connectivity index (χ4n) is 3.78. The summed E-state index contributed by atoms with van der Waals surface area (Å²) in [4.78, 5) is 2.82. The van der Waals surface area contributed by atoms with Crippen LogP contribution in [0.2, 0.25) is 0 Å². The predicted octanol–water partition coefficient (Wildman–Crippen LogP) is 3.42. The zero-order valence-electron chi connectivity index (χ0n) is 13.1. The van der Waals surface area contributed by atoms with E-state index in [0.29, 0.717) is 17.1 Å². The van der Waals surface area contributed by atoms with Crippen LogP contribution < -0.4 is 5.32 Å². The predicted molar refractivity (Wildman–Crippen MR) is 78.9 cm³/mol. The minimum absolute atomic E-state index is 0.340. The summed E-state index contributed by atoms with van der Waals surface area (Å²) in [6.07, 6.45) is 6.84. The molecule has 1 saturated heterocycles. The molecule has 2 aliphatic rings. The first-order chi connectivity index (χ1) is 8.40. The van der Waals surface area contributed by atoms with E-state index in [1.54, 1.807) is 0 Å². The van der Waals surface area contributed by atoms with Gasteiger partial charge in [-0.05, 0) is 39.0 Å². The van der Waals surface area contributed by atoms with Crippen LogP contribution in [0.25, 0.3) is 0 Å². The SMILES string of the molecule is CCC(C)(C)N1CC2(CCCC2)NCC1C(C)C. The molecule has 0 bridgehead atoms. The van der Waals surface area contributed by atoms with Gasteiger partial charge in [-0.2, -0.15) is 0 Å². The van der Waals surface area contributed by atoms with Crippen LogP contribution in [0, 0.1) is 5.92 Å². The van der Waals surface area contributed by atoms with Crippen molar-refractivity contribution in [3.05, 3.63) is 0 Å². The fraction of sp³-hybridized carbons (Fsp3) is 1.00. The summed E-state index contributed by atoms with van der Waals surface area (Å²) >= 11 is 0. The van der Waals surface area contributed by atoms with Crippen LogP contribution in [0.4, 0.5) is 0 Å².